The number of benzene rings is 1. The largest absolute Gasteiger partial charge is 0.494 e. The van der Waals surface area contributed by atoms with Crippen molar-refractivity contribution >= 4 is 5.91 Å². The SMILES string of the molecule is CCCc1cc(C(=O)N2CCN(Cc3ccc(OCC)cc3)CC2)n[nH]1. The average molecular weight is 356 g/mol. The molecule has 1 saturated heterocycles. The lowest BCUT2D eigenvalue weighted by Crippen LogP contribution is -2.48. The van der Waals surface area contributed by atoms with Crippen LogP contribution in [0, 0.1) is 0 Å². The minimum atomic E-state index is 0.0318. The Labute approximate surface area is 155 Å². The number of hydrogen-bond acceptors (Lipinski definition) is 4. The molecule has 0 aliphatic carbocycles. The zero-order chi connectivity index (χ0) is 18.4. The number of aromatic nitrogens is 2. The van der Waals surface area contributed by atoms with Gasteiger partial charge in [-0.3, -0.25) is 14.8 Å². The standard InChI is InChI=1S/C20H28N4O2/c1-3-5-17-14-19(22-21-17)20(25)24-12-10-23(11-13-24)15-16-6-8-18(9-7-16)26-4-2/h6-9,14H,3-5,10-13,15H2,1-2H3,(H,21,22). The van der Waals surface area contributed by atoms with Crippen molar-refractivity contribution in [2.45, 2.75) is 33.2 Å². The second kappa shape index (κ2) is 8.85. The van der Waals surface area contributed by atoms with Gasteiger partial charge in [-0.2, -0.15) is 5.10 Å². The maximum Gasteiger partial charge on any atom is 0.274 e. The third-order valence-corrected chi connectivity index (χ3v) is 4.67. The van der Waals surface area contributed by atoms with E-state index in [9.17, 15) is 4.79 Å². The summed E-state index contributed by atoms with van der Waals surface area (Å²) in [5.41, 5.74) is 2.84. The van der Waals surface area contributed by atoms with Gasteiger partial charge in [-0.05, 0) is 37.1 Å². The van der Waals surface area contributed by atoms with E-state index in [1.807, 2.05) is 30.0 Å². The van der Waals surface area contributed by atoms with Crippen LogP contribution < -0.4 is 4.74 Å². The first-order valence-electron chi connectivity index (χ1n) is 9.47. The average Bonchev–Trinajstić information content (AvgIpc) is 3.13. The highest BCUT2D eigenvalue weighted by molar-refractivity contribution is 5.92. The van der Waals surface area contributed by atoms with Crippen LogP contribution in [0.2, 0.25) is 0 Å². The number of ether oxygens (including phenoxy) is 1. The topological polar surface area (TPSA) is 61.5 Å². The number of hydrogen-bond donors (Lipinski definition) is 1. The fraction of sp³-hybridized carbons (Fsp3) is 0.500. The molecule has 0 unspecified atom stereocenters. The summed E-state index contributed by atoms with van der Waals surface area (Å²) in [5.74, 6) is 0.942. The van der Waals surface area contributed by atoms with Crippen LogP contribution in [0.5, 0.6) is 5.75 Å². The first-order valence-corrected chi connectivity index (χ1v) is 9.47. The molecule has 0 radical (unpaired) electrons. The van der Waals surface area contributed by atoms with E-state index in [2.05, 4.69) is 34.2 Å². The minimum absolute atomic E-state index is 0.0318. The van der Waals surface area contributed by atoms with Gasteiger partial charge in [0, 0.05) is 38.4 Å². The minimum Gasteiger partial charge on any atom is -0.494 e. The van der Waals surface area contributed by atoms with Gasteiger partial charge in [-0.1, -0.05) is 25.5 Å². The normalized spacial score (nSPS) is 15.2. The number of carbonyl (C=O) groups is 1. The van der Waals surface area contributed by atoms with Crippen LogP contribution in [0.25, 0.3) is 0 Å². The molecule has 6 nitrogen and oxygen atoms in total. The molecule has 0 atom stereocenters. The van der Waals surface area contributed by atoms with Crippen LogP contribution in [0.4, 0.5) is 0 Å². The Hall–Kier alpha value is -2.34. The smallest absolute Gasteiger partial charge is 0.274 e. The first-order chi connectivity index (χ1) is 12.7. The summed E-state index contributed by atoms with van der Waals surface area (Å²) in [6.07, 6.45) is 1.97. The molecule has 0 saturated carbocycles. The van der Waals surface area contributed by atoms with Crippen molar-refractivity contribution in [2.75, 3.05) is 32.8 Å². The van der Waals surface area contributed by atoms with E-state index in [-0.39, 0.29) is 5.91 Å². The highest BCUT2D eigenvalue weighted by Gasteiger charge is 2.23. The Morgan fingerprint density at radius 1 is 1.15 bits per heavy atom. The second-order valence-corrected chi connectivity index (χ2v) is 6.67. The lowest BCUT2D eigenvalue weighted by molar-refractivity contribution is 0.0622. The molecule has 1 amide bonds. The summed E-state index contributed by atoms with van der Waals surface area (Å²) in [5, 5.41) is 7.14. The maximum atomic E-state index is 12.6. The van der Waals surface area contributed by atoms with Crippen molar-refractivity contribution in [1.29, 1.82) is 0 Å². The number of rotatable bonds is 7. The van der Waals surface area contributed by atoms with E-state index >= 15 is 0 Å². The molecule has 6 heteroatoms. The number of nitrogens with one attached hydrogen (secondary N) is 1. The number of nitrogens with zero attached hydrogens (tertiary/aromatic N) is 3. The van der Waals surface area contributed by atoms with Gasteiger partial charge in [0.1, 0.15) is 11.4 Å². The molecule has 1 aromatic heterocycles. The molecule has 2 aromatic rings. The predicted octanol–water partition coefficient (Wildman–Crippen LogP) is 2.72. The molecular formula is C20H28N4O2. The van der Waals surface area contributed by atoms with E-state index in [4.69, 9.17) is 4.74 Å². The van der Waals surface area contributed by atoms with E-state index in [1.165, 1.54) is 5.56 Å². The third-order valence-electron chi connectivity index (χ3n) is 4.67. The summed E-state index contributed by atoms with van der Waals surface area (Å²) in [6, 6.07) is 10.1. The Morgan fingerprint density at radius 3 is 2.54 bits per heavy atom. The zero-order valence-corrected chi connectivity index (χ0v) is 15.7. The van der Waals surface area contributed by atoms with Gasteiger partial charge in [-0.25, -0.2) is 0 Å². The molecule has 2 heterocycles. The summed E-state index contributed by atoms with van der Waals surface area (Å²) in [4.78, 5) is 16.9. The maximum absolute atomic E-state index is 12.6. The fourth-order valence-electron chi connectivity index (χ4n) is 3.26. The zero-order valence-electron chi connectivity index (χ0n) is 15.7. The van der Waals surface area contributed by atoms with Gasteiger partial charge in [0.05, 0.1) is 6.61 Å². The van der Waals surface area contributed by atoms with Crippen LogP contribution in [-0.4, -0.2) is 58.7 Å². The van der Waals surface area contributed by atoms with Gasteiger partial charge < -0.3 is 9.64 Å². The van der Waals surface area contributed by atoms with Crippen LogP contribution in [0.3, 0.4) is 0 Å². The predicted molar refractivity (Wildman–Crippen MR) is 101 cm³/mol. The van der Waals surface area contributed by atoms with Crippen molar-refractivity contribution in [3.8, 4) is 5.75 Å². The van der Waals surface area contributed by atoms with Gasteiger partial charge in [0.15, 0.2) is 0 Å². The van der Waals surface area contributed by atoms with Gasteiger partial charge in [-0.15, -0.1) is 0 Å². The summed E-state index contributed by atoms with van der Waals surface area (Å²) in [7, 11) is 0. The number of aromatic amines is 1. The highest BCUT2D eigenvalue weighted by Crippen LogP contribution is 2.15. The Balaban J connectivity index is 1.49. The molecule has 1 fully saturated rings. The molecule has 1 N–H and O–H groups in total. The fourth-order valence-corrected chi connectivity index (χ4v) is 3.26. The van der Waals surface area contributed by atoms with Crippen LogP contribution in [0.1, 0.15) is 42.0 Å². The Kier molecular flexibility index (Phi) is 6.28. The first kappa shape index (κ1) is 18.5. The lowest BCUT2D eigenvalue weighted by atomic mass is 10.2. The summed E-state index contributed by atoms with van der Waals surface area (Å²) in [6.45, 7) is 8.94. The monoisotopic (exact) mass is 356 g/mol. The van der Waals surface area contributed by atoms with Crippen LogP contribution in [-0.2, 0) is 13.0 Å². The second-order valence-electron chi connectivity index (χ2n) is 6.67. The number of aryl methyl sites for hydroxylation is 1. The molecule has 3 rings (SSSR count). The number of piperazine rings is 1. The van der Waals surface area contributed by atoms with Crippen LogP contribution >= 0.6 is 0 Å². The number of carbonyl (C=O) groups excluding carboxylic acids is 1. The molecule has 0 spiro atoms. The van der Waals surface area contributed by atoms with Gasteiger partial charge in [0.25, 0.3) is 5.91 Å². The Morgan fingerprint density at radius 2 is 1.88 bits per heavy atom. The van der Waals surface area contributed by atoms with E-state index in [0.717, 1.165) is 57.0 Å². The molecule has 140 valence electrons. The quantitative estimate of drug-likeness (QED) is 0.829. The van der Waals surface area contributed by atoms with Crippen molar-refractivity contribution in [1.82, 2.24) is 20.0 Å². The van der Waals surface area contributed by atoms with E-state index in [0.29, 0.717) is 12.3 Å². The van der Waals surface area contributed by atoms with E-state index < -0.39 is 0 Å². The van der Waals surface area contributed by atoms with Gasteiger partial charge in [0.2, 0.25) is 0 Å². The lowest BCUT2D eigenvalue weighted by Gasteiger charge is -2.34. The molecule has 1 aliphatic rings. The van der Waals surface area contributed by atoms with Crippen LogP contribution in [0.15, 0.2) is 30.3 Å². The van der Waals surface area contributed by atoms with Crippen molar-refractivity contribution in [2.24, 2.45) is 0 Å². The van der Waals surface area contributed by atoms with Gasteiger partial charge >= 0.3 is 0 Å². The molecular weight excluding hydrogens is 328 g/mol. The Bertz CT molecular complexity index is 703. The van der Waals surface area contributed by atoms with Crippen molar-refractivity contribution in [3.05, 3.63) is 47.3 Å². The van der Waals surface area contributed by atoms with Crippen molar-refractivity contribution in [3.63, 3.8) is 0 Å². The van der Waals surface area contributed by atoms with E-state index in [1.54, 1.807) is 0 Å². The van der Waals surface area contributed by atoms with Crippen molar-refractivity contribution < 1.29 is 9.53 Å². The molecule has 26 heavy (non-hydrogen) atoms. The molecule has 0 bridgehead atoms. The molecule has 1 aliphatic heterocycles. The molecule has 1 aromatic carbocycles. The summed E-state index contributed by atoms with van der Waals surface area (Å²) < 4.78 is 5.48. The third kappa shape index (κ3) is 4.64. The highest BCUT2D eigenvalue weighted by atomic mass is 16.5. The number of H-pyrrole nitrogens is 1. The number of amides is 1. The summed E-state index contributed by atoms with van der Waals surface area (Å²) >= 11 is 0.